The highest BCUT2D eigenvalue weighted by Gasteiger charge is 2.07. The molecule has 0 saturated heterocycles. The van der Waals surface area contributed by atoms with E-state index in [9.17, 15) is 9.59 Å². The van der Waals surface area contributed by atoms with Crippen LogP contribution in [-0.4, -0.2) is 48.1 Å². The second kappa shape index (κ2) is 7.98. The van der Waals surface area contributed by atoms with Gasteiger partial charge < -0.3 is 21.1 Å². The van der Waals surface area contributed by atoms with Gasteiger partial charge >= 0.3 is 0 Å². The molecular formula is C11H17N5O3. The molecule has 0 aromatic carbocycles. The van der Waals surface area contributed by atoms with Crippen LogP contribution in [0.25, 0.3) is 0 Å². The van der Waals surface area contributed by atoms with Crippen molar-refractivity contribution >= 4 is 17.6 Å². The van der Waals surface area contributed by atoms with Gasteiger partial charge in [-0.15, -0.1) is 0 Å². The number of rotatable bonds is 8. The van der Waals surface area contributed by atoms with Crippen LogP contribution in [0.3, 0.4) is 0 Å². The maximum absolute atomic E-state index is 11.7. The van der Waals surface area contributed by atoms with Crippen LogP contribution in [0.15, 0.2) is 12.4 Å². The summed E-state index contributed by atoms with van der Waals surface area (Å²) in [4.78, 5) is 30.1. The Hall–Kier alpha value is -2.22. The molecule has 104 valence electrons. The number of primary amides is 1. The Morgan fingerprint density at radius 2 is 2.21 bits per heavy atom. The zero-order chi connectivity index (χ0) is 14.1. The Kier molecular flexibility index (Phi) is 6.23. The van der Waals surface area contributed by atoms with Crippen LogP contribution < -0.4 is 16.4 Å². The lowest BCUT2D eigenvalue weighted by molar-refractivity contribution is -0.122. The van der Waals surface area contributed by atoms with Crippen molar-refractivity contribution in [3.8, 4) is 0 Å². The molecule has 0 unspecified atom stereocenters. The number of carbonyl (C=O) groups excluding carboxylic acids is 2. The molecule has 0 atom stereocenters. The van der Waals surface area contributed by atoms with E-state index in [4.69, 9.17) is 10.5 Å². The molecule has 1 heterocycles. The summed E-state index contributed by atoms with van der Waals surface area (Å²) < 4.78 is 4.91. The molecule has 1 rings (SSSR count). The molecule has 1 aromatic heterocycles. The third-order valence-corrected chi connectivity index (χ3v) is 2.00. The number of aromatic nitrogens is 2. The summed E-state index contributed by atoms with van der Waals surface area (Å²) in [5.74, 6) is -0.356. The molecular weight excluding hydrogens is 250 g/mol. The van der Waals surface area contributed by atoms with Gasteiger partial charge in [-0.1, -0.05) is 0 Å². The standard InChI is InChI=1S/C11H17N5O3/c1-2-14-10-6-13-5-8(16-10)11(18)15-3-4-19-7-9(12)17/h5-6H,2-4,7H2,1H3,(H2,12,17)(H,14,16)(H,15,18). The molecule has 0 saturated carbocycles. The van der Waals surface area contributed by atoms with Crippen molar-refractivity contribution in [2.75, 3.05) is 31.6 Å². The number of ether oxygens (including phenoxy) is 1. The number of anilines is 1. The number of hydrogen-bond donors (Lipinski definition) is 3. The van der Waals surface area contributed by atoms with E-state index in [1.54, 1.807) is 0 Å². The highest BCUT2D eigenvalue weighted by molar-refractivity contribution is 5.92. The van der Waals surface area contributed by atoms with Gasteiger partial charge in [0.05, 0.1) is 19.0 Å². The van der Waals surface area contributed by atoms with Crippen molar-refractivity contribution in [1.82, 2.24) is 15.3 Å². The van der Waals surface area contributed by atoms with E-state index in [1.165, 1.54) is 12.4 Å². The number of nitrogens with two attached hydrogens (primary N) is 1. The lowest BCUT2D eigenvalue weighted by atomic mass is 10.4. The summed E-state index contributed by atoms with van der Waals surface area (Å²) in [6.45, 7) is 2.92. The van der Waals surface area contributed by atoms with Gasteiger partial charge in [-0.25, -0.2) is 4.98 Å². The predicted molar refractivity (Wildman–Crippen MR) is 68.5 cm³/mol. The quantitative estimate of drug-likeness (QED) is 0.527. The first-order chi connectivity index (χ1) is 9.13. The molecule has 0 spiro atoms. The second-order valence-electron chi connectivity index (χ2n) is 3.59. The van der Waals surface area contributed by atoms with Gasteiger partial charge in [0, 0.05) is 13.1 Å². The second-order valence-corrected chi connectivity index (χ2v) is 3.59. The minimum Gasteiger partial charge on any atom is -0.370 e. The number of carbonyl (C=O) groups is 2. The van der Waals surface area contributed by atoms with Crippen molar-refractivity contribution in [2.24, 2.45) is 5.73 Å². The average molecular weight is 267 g/mol. The van der Waals surface area contributed by atoms with Crippen LogP contribution in [0.1, 0.15) is 17.4 Å². The van der Waals surface area contributed by atoms with Gasteiger partial charge in [0.15, 0.2) is 0 Å². The van der Waals surface area contributed by atoms with Gasteiger partial charge in [0.25, 0.3) is 5.91 Å². The highest BCUT2D eigenvalue weighted by Crippen LogP contribution is 2.01. The molecule has 1 aromatic rings. The van der Waals surface area contributed by atoms with Crippen LogP contribution in [0, 0.1) is 0 Å². The Morgan fingerprint density at radius 3 is 2.89 bits per heavy atom. The van der Waals surface area contributed by atoms with Gasteiger partial charge in [-0.05, 0) is 6.92 Å². The van der Waals surface area contributed by atoms with Crippen molar-refractivity contribution in [1.29, 1.82) is 0 Å². The van der Waals surface area contributed by atoms with E-state index < -0.39 is 5.91 Å². The van der Waals surface area contributed by atoms with Crippen LogP contribution >= 0.6 is 0 Å². The SMILES string of the molecule is CCNc1cncc(C(=O)NCCOCC(N)=O)n1. The van der Waals surface area contributed by atoms with Crippen molar-refractivity contribution < 1.29 is 14.3 Å². The summed E-state index contributed by atoms with van der Waals surface area (Å²) in [7, 11) is 0. The van der Waals surface area contributed by atoms with Crippen molar-refractivity contribution in [3.05, 3.63) is 18.1 Å². The third kappa shape index (κ3) is 5.77. The molecule has 0 aliphatic heterocycles. The Balaban J connectivity index is 2.36. The minimum atomic E-state index is -0.546. The fourth-order valence-electron chi connectivity index (χ4n) is 1.24. The molecule has 8 heteroatoms. The first kappa shape index (κ1) is 14.8. The van der Waals surface area contributed by atoms with E-state index >= 15 is 0 Å². The predicted octanol–water partition coefficient (Wildman–Crippen LogP) is -0.860. The Morgan fingerprint density at radius 1 is 1.42 bits per heavy atom. The van der Waals surface area contributed by atoms with Crippen molar-refractivity contribution in [2.45, 2.75) is 6.92 Å². The molecule has 2 amide bonds. The first-order valence-corrected chi connectivity index (χ1v) is 5.83. The molecule has 0 bridgehead atoms. The molecule has 19 heavy (non-hydrogen) atoms. The fourth-order valence-corrected chi connectivity index (χ4v) is 1.24. The molecule has 0 radical (unpaired) electrons. The fraction of sp³-hybridized carbons (Fsp3) is 0.455. The molecule has 8 nitrogen and oxygen atoms in total. The highest BCUT2D eigenvalue weighted by atomic mass is 16.5. The van der Waals surface area contributed by atoms with Crippen LogP contribution in [0.4, 0.5) is 5.82 Å². The Bertz CT molecular complexity index is 438. The zero-order valence-electron chi connectivity index (χ0n) is 10.7. The summed E-state index contributed by atoms with van der Waals surface area (Å²) in [5, 5.41) is 5.56. The number of hydrogen-bond acceptors (Lipinski definition) is 6. The third-order valence-electron chi connectivity index (χ3n) is 2.00. The van der Waals surface area contributed by atoms with E-state index in [2.05, 4.69) is 20.6 Å². The first-order valence-electron chi connectivity index (χ1n) is 5.83. The Labute approximate surface area is 110 Å². The summed E-state index contributed by atoms with van der Waals surface area (Å²) >= 11 is 0. The van der Waals surface area contributed by atoms with Crippen LogP contribution in [-0.2, 0) is 9.53 Å². The summed E-state index contributed by atoms with van der Waals surface area (Å²) in [5.41, 5.74) is 5.11. The van der Waals surface area contributed by atoms with Crippen LogP contribution in [0.2, 0.25) is 0 Å². The van der Waals surface area contributed by atoms with Crippen LogP contribution in [0.5, 0.6) is 0 Å². The topological polar surface area (TPSA) is 119 Å². The van der Waals surface area contributed by atoms with Crippen molar-refractivity contribution in [3.63, 3.8) is 0 Å². The van der Waals surface area contributed by atoms with E-state index in [-0.39, 0.29) is 31.4 Å². The maximum Gasteiger partial charge on any atom is 0.271 e. The smallest absolute Gasteiger partial charge is 0.271 e. The lowest BCUT2D eigenvalue weighted by Gasteiger charge is -2.06. The van der Waals surface area contributed by atoms with Gasteiger partial charge in [-0.2, -0.15) is 0 Å². The van der Waals surface area contributed by atoms with E-state index in [0.717, 1.165) is 0 Å². The summed E-state index contributed by atoms with van der Waals surface area (Å²) in [6, 6.07) is 0. The summed E-state index contributed by atoms with van der Waals surface area (Å²) in [6.07, 6.45) is 2.91. The molecule has 0 fully saturated rings. The van der Waals surface area contributed by atoms with Gasteiger partial charge in [0.2, 0.25) is 5.91 Å². The number of nitrogens with one attached hydrogen (secondary N) is 2. The van der Waals surface area contributed by atoms with E-state index in [0.29, 0.717) is 12.4 Å². The monoisotopic (exact) mass is 267 g/mol. The zero-order valence-corrected chi connectivity index (χ0v) is 10.7. The lowest BCUT2D eigenvalue weighted by Crippen LogP contribution is -2.29. The normalized spacial score (nSPS) is 9.95. The maximum atomic E-state index is 11.7. The minimum absolute atomic E-state index is 0.161. The molecule has 4 N–H and O–H groups in total. The molecule has 0 aliphatic rings. The largest absolute Gasteiger partial charge is 0.370 e. The number of amides is 2. The van der Waals surface area contributed by atoms with Gasteiger partial charge in [-0.3, -0.25) is 14.6 Å². The van der Waals surface area contributed by atoms with E-state index in [1.807, 2.05) is 6.92 Å². The molecule has 0 aliphatic carbocycles. The van der Waals surface area contributed by atoms with Gasteiger partial charge in [0.1, 0.15) is 18.1 Å². The number of nitrogens with zero attached hydrogens (tertiary/aromatic N) is 2. The average Bonchev–Trinajstić information content (AvgIpc) is 2.38.